The van der Waals surface area contributed by atoms with Crippen molar-refractivity contribution in [2.75, 3.05) is 0 Å². The lowest BCUT2D eigenvalue weighted by atomic mass is 9.81. The molecule has 1 fully saturated rings. The fourth-order valence-corrected chi connectivity index (χ4v) is 4.43. The molecule has 2 aromatic carbocycles. The number of aromatic nitrogens is 1. The van der Waals surface area contributed by atoms with E-state index in [-0.39, 0.29) is 18.1 Å². The Kier molecular flexibility index (Phi) is 6.26. The first kappa shape index (κ1) is 20.3. The molecule has 0 aliphatic heterocycles. The molecule has 0 radical (unpaired) electrons. The number of rotatable bonds is 6. The minimum Gasteiger partial charge on any atom is -0.487 e. The number of pyridine rings is 1. The maximum Gasteiger partial charge on any atom is 0.311 e. The summed E-state index contributed by atoms with van der Waals surface area (Å²) >= 11 is 0. The summed E-state index contributed by atoms with van der Waals surface area (Å²) in [4.78, 5) is 16.5. The lowest BCUT2D eigenvalue weighted by Gasteiger charge is -2.23. The summed E-state index contributed by atoms with van der Waals surface area (Å²) in [5.74, 6) is -1.92. The van der Waals surface area contributed by atoms with Crippen LogP contribution in [0.15, 0.2) is 54.6 Å². The summed E-state index contributed by atoms with van der Waals surface area (Å²) in [5.41, 5.74) is 1.89. The van der Waals surface area contributed by atoms with Crippen LogP contribution < -0.4 is 4.74 Å². The summed E-state index contributed by atoms with van der Waals surface area (Å²) < 4.78 is 20.6. The molecule has 4 nitrogen and oxygen atoms in total. The Bertz CT molecular complexity index is 1030. The Morgan fingerprint density at radius 1 is 1.07 bits per heavy atom. The SMILES string of the molecule is O=C(O)C(c1ccc(OCc2ccc3ccccc3n2)cc1F)C1CCCCCC1. The van der Waals surface area contributed by atoms with Crippen LogP contribution in [0, 0.1) is 11.7 Å². The van der Waals surface area contributed by atoms with E-state index in [1.807, 2.05) is 36.4 Å². The smallest absolute Gasteiger partial charge is 0.311 e. The zero-order valence-electron chi connectivity index (χ0n) is 16.9. The van der Waals surface area contributed by atoms with Crippen LogP contribution in [0.2, 0.25) is 0 Å². The fourth-order valence-electron chi connectivity index (χ4n) is 4.43. The van der Waals surface area contributed by atoms with Crippen LogP contribution in [0.4, 0.5) is 4.39 Å². The zero-order valence-corrected chi connectivity index (χ0v) is 16.9. The molecule has 1 heterocycles. The molecule has 0 spiro atoms. The number of nitrogens with zero attached hydrogens (tertiary/aromatic N) is 1. The lowest BCUT2D eigenvalue weighted by molar-refractivity contribution is -0.140. The highest BCUT2D eigenvalue weighted by Crippen LogP contribution is 2.37. The van der Waals surface area contributed by atoms with Gasteiger partial charge in [0, 0.05) is 17.0 Å². The number of hydrogen-bond donors (Lipinski definition) is 1. The van der Waals surface area contributed by atoms with E-state index in [2.05, 4.69) is 4.98 Å². The van der Waals surface area contributed by atoms with E-state index in [1.54, 1.807) is 12.1 Å². The molecule has 1 atom stereocenters. The fraction of sp³-hybridized carbons (Fsp3) is 0.360. The second-order valence-electron chi connectivity index (χ2n) is 8.03. The molecule has 5 heteroatoms. The van der Waals surface area contributed by atoms with Crippen molar-refractivity contribution in [3.05, 3.63) is 71.7 Å². The van der Waals surface area contributed by atoms with E-state index >= 15 is 0 Å². The van der Waals surface area contributed by atoms with Gasteiger partial charge in [0.1, 0.15) is 18.2 Å². The first-order valence-corrected chi connectivity index (χ1v) is 10.6. The molecule has 1 aromatic heterocycles. The summed E-state index contributed by atoms with van der Waals surface area (Å²) in [6, 6.07) is 16.2. The van der Waals surface area contributed by atoms with E-state index in [0.717, 1.165) is 55.1 Å². The summed E-state index contributed by atoms with van der Waals surface area (Å²) in [6.45, 7) is 0.217. The third-order valence-electron chi connectivity index (χ3n) is 5.99. The zero-order chi connectivity index (χ0) is 20.9. The predicted molar refractivity (Wildman–Crippen MR) is 114 cm³/mol. The van der Waals surface area contributed by atoms with Crippen LogP contribution in [-0.2, 0) is 11.4 Å². The van der Waals surface area contributed by atoms with Crippen molar-refractivity contribution < 1.29 is 19.0 Å². The molecule has 4 rings (SSSR count). The standard InChI is InChI=1S/C25H26FNO3/c26-22-15-20(30-16-19-12-11-17-7-5-6-10-23(17)27-19)13-14-21(22)24(25(28)29)18-8-3-1-2-4-9-18/h5-7,10-15,18,24H,1-4,8-9,16H2,(H,28,29). The van der Waals surface area contributed by atoms with Gasteiger partial charge in [-0.3, -0.25) is 4.79 Å². The van der Waals surface area contributed by atoms with Gasteiger partial charge in [0.2, 0.25) is 0 Å². The molecule has 1 saturated carbocycles. The summed E-state index contributed by atoms with van der Waals surface area (Å²) in [5, 5.41) is 10.8. The van der Waals surface area contributed by atoms with Crippen molar-refractivity contribution in [2.24, 2.45) is 5.92 Å². The van der Waals surface area contributed by atoms with Gasteiger partial charge in [0.05, 0.1) is 17.1 Å². The Morgan fingerprint density at radius 3 is 2.57 bits per heavy atom. The minimum absolute atomic E-state index is 0.0203. The molecule has 0 saturated heterocycles. The highest BCUT2D eigenvalue weighted by Gasteiger charge is 2.32. The number of para-hydroxylation sites is 1. The van der Waals surface area contributed by atoms with E-state index in [0.29, 0.717) is 5.75 Å². The second kappa shape index (κ2) is 9.24. The van der Waals surface area contributed by atoms with Crippen LogP contribution in [0.3, 0.4) is 0 Å². The van der Waals surface area contributed by atoms with Crippen molar-refractivity contribution in [3.63, 3.8) is 0 Å². The summed E-state index contributed by atoms with van der Waals surface area (Å²) in [6.07, 6.45) is 5.94. The van der Waals surface area contributed by atoms with Gasteiger partial charge in [-0.15, -0.1) is 0 Å². The highest BCUT2D eigenvalue weighted by atomic mass is 19.1. The molecule has 1 N–H and O–H groups in total. The van der Waals surface area contributed by atoms with Gasteiger partial charge in [-0.1, -0.05) is 56.0 Å². The monoisotopic (exact) mass is 407 g/mol. The molecule has 156 valence electrons. The maximum atomic E-state index is 14.9. The third kappa shape index (κ3) is 4.61. The van der Waals surface area contributed by atoms with Crippen LogP contribution >= 0.6 is 0 Å². The Morgan fingerprint density at radius 2 is 1.83 bits per heavy atom. The molecule has 1 aliphatic rings. The average molecular weight is 407 g/mol. The van der Waals surface area contributed by atoms with Crippen molar-refractivity contribution >= 4 is 16.9 Å². The molecule has 0 amide bonds. The summed E-state index contributed by atoms with van der Waals surface area (Å²) in [7, 11) is 0. The van der Waals surface area contributed by atoms with Gasteiger partial charge in [0.25, 0.3) is 0 Å². The third-order valence-corrected chi connectivity index (χ3v) is 5.99. The number of hydrogen-bond acceptors (Lipinski definition) is 3. The molecule has 1 aliphatic carbocycles. The predicted octanol–water partition coefficient (Wildman–Crippen LogP) is 6.09. The van der Waals surface area contributed by atoms with Crippen LogP contribution in [0.25, 0.3) is 10.9 Å². The number of halogens is 1. The van der Waals surface area contributed by atoms with Gasteiger partial charge < -0.3 is 9.84 Å². The molecule has 30 heavy (non-hydrogen) atoms. The maximum absolute atomic E-state index is 14.9. The molecule has 0 bridgehead atoms. The normalized spacial score (nSPS) is 16.2. The topological polar surface area (TPSA) is 59.4 Å². The molecule has 3 aromatic rings. The Balaban J connectivity index is 1.49. The van der Waals surface area contributed by atoms with Gasteiger partial charge >= 0.3 is 5.97 Å². The number of ether oxygens (including phenoxy) is 1. The van der Waals surface area contributed by atoms with Crippen molar-refractivity contribution in [1.29, 1.82) is 0 Å². The highest BCUT2D eigenvalue weighted by molar-refractivity contribution is 5.78. The number of benzene rings is 2. The number of carboxylic acid groups (broad SMARTS) is 1. The van der Waals surface area contributed by atoms with Gasteiger partial charge in [-0.25, -0.2) is 9.37 Å². The molecule has 1 unspecified atom stereocenters. The van der Waals surface area contributed by atoms with Gasteiger partial charge in [-0.2, -0.15) is 0 Å². The second-order valence-corrected chi connectivity index (χ2v) is 8.03. The van der Waals surface area contributed by atoms with Crippen molar-refractivity contribution in [2.45, 2.75) is 51.0 Å². The van der Waals surface area contributed by atoms with Gasteiger partial charge in [0.15, 0.2) is 0 Å². The average Bonchev–Trinajstić information content (AvgIpc) is 3.03. The van der Waals surface area contributed by atoms with E-state index in [1.165, 1.54) is 6.07 Å². The van der Waals surface area contributed by atoms with Crippen LogP contribution in [0.1, 0.15) is 55.7 Å². The number of carboxylic acids is 1. The van der Waals surface area contributed by atoms with E-state index in [9.17, 15) is 14.3 Å². The minimum atomic E-state index is -0.949. The van der Waals surface area contributed by atoms with Crippen molar-refractivity contribution in [3.8, 4) is 5.75 Å². The number of carbonyl (C=O) groups is 1. The quantitative estimate of drug-likeness (QED) is 0.502. The molecular weight excluding hydrogens is 381 g/mol. The Hall–Kier alpha value is -2.95. The van der Waals surface area contributed by atoms with Crippen LogP contribution in [0.5, 0.6) is 5.75 Å². The molecular formula is C25H26FNO3. The van der Waals surface area contributed by atoms with E-state index < -0.39 is 17.7 Å². The first-order valence-electron chi connectivity index (χ1n) is 10.6. The number of aliphatic carboxylic acids is 1. The lowest BCUT2D eigenvalue weighted by Crippen LogP contribution is -2.22. The Labute approximate surface area is 175 Å². The van der Waals surface area contributed by atoms with Gasteiger partial charge in [-0.05, 0) is 37.0 Å². The first-order chi connectivity index (χ1) is 14.6. The number of fused-ring (bicyclic) bond motifs is 1. The van der Waals surface area contributed by atoms with E-state index in [4.69, 9.17) is 4.74 Å². The van der Waals surface area contributed by atoms with Crippen molar-refractivity contribution in [1.82, 2.24) is 4.98 Å². The van der Waals surface area contributed by atoms with Crippen LogP contribution in [-0.4, -0.2) is 16.1 Å². The largest absolute Gasteiger partial charge is 0.487 e.